The molecule has 45 heteroatoms. The van der Waals surface area contributed by atoms with Gasteiger partial charge in [0.15, 0.2) is 0 Å². The van der Waals surface area contributed by atoms with E-state index in [4.69, 9.17) is 46.4 Å². The Balaban J connectivity index is 0.000000139. The Hall–Kier alpha value is -13.3. The summed E-state index contributed by atoms with van der Waals surface area (Å²) in [6.07, 6.45) is 34.9. The number of aryl methyl sites for hydroxylation is 3. The van der Waals surface area contributed by atoms with Gasteiger partial charge in [0.05, 0.1) is 125 Å². The van der Waals surface area contributed by atoms with Crippen LogP contribution in [0.1, 0.15) is 86.0 Å². The van der Waals surface area contributed by atoms with Crippen molar-refractivity contribution in [3.63, 3.8) is 0 Å². The Bertz CT molecular complexity index is 8080. The molecule has 35 nitrogen and oxygen atoms in total. The summed E-state index contributed by atoms with van der Waals surface area (Å²) in [7, 11) is -15.3. The largest absolute Gasteiger partial charge is 0.316 e. The summed E-state index contributed by atoms with van der Waals surface area (Å²) in [6, 6.07) is 40.5. The number of nitrogens with zero attached hydrogens (tertiary/aromatic N) is 15. The van der Waals surface area contributed by atoms with E-state index < -0.39 is 55.9 Å². The lowest BCUT2D eigenvalue weighted by molar-refractivity contribution is 0.509. The molecule has 5 aromatic carbocycles. The highest BCUT2D eigenvalue weighted by atomic mass is 35.5. The van der Waals surface area contributed by atoms with Crippen molar-refractivity contribution in [2.45, 2.75) is 123 Å². The molecule has 18 rings (SSSR count). The molecule has 10 heterocycles. The number of halogens is 5. The van der Waals surface area contributed by atoms with Crippen LogP contribution in [0.5, 0.6) is 0 Å². The molecular formula is C95H99Cl4FN20O15S5. The molecule has 10 aromatic heterocycles. The zero-order valence-electron chi connectivity index (χ0n) is 76.9. The average molecular weight is 2080 g/mol. The zero-order valence-corrected chi connectivity index (χ0v) is 84.0. The molecule has 5 N–H and O–H groups in total. The van der Waals surface area contributed by atoms with E-state index in [1.807, 2.05) is 44.8 Å². The van der Waals surface area contributed by atoms with Crippen molar-refractivity contribution in [2.24, 2.45) is 18.9 Å². The van der Waals surface area contributed by atoms with Gasteiger partial charge in [0.25, 0.3) is 22.2 Å². The maximum atomic E-state index is 14.5. The molecule has 140 heavy (non-hydrogen) atoms. The maximum Gasteiger partial charge on any atom is 0.250 e. The van der Waals surface area contributed by atoms with E-state index >= 15 is 0 Å². The smallest absolute Gasteiger partial charge is 0.250 e. The van der Waals surface area contributed by atoms with Crippen molar-refractivity contribution in [2.75, 3.05) is 41.9 Å². The van der Waals surface area contributed by atoms with Crippen LogP contribution in [0.3, 0.4) is 0 Å². The van der Waals surface area contributed by atoms with Gasteiger partial charge in [0.2, 0.25) is 55.7 Å². The van der Waals surface area contributed by atoms with Crippen LogP contribution < -0.4 is 51.4 Å². The van der Waals surface area contributed by atoms with E-state index in [0.717, 1.165) is 99.2 Å². The van der Waals surface area contributed by atoms with Crippen molar-refractivity contribution in [1.82, 2.24) is 71.7 Å². The predicted molar refractivity (Wildman–Crippen MR) is 547 cm³/mol. The lowest BCUT2D eigenvalue weighted by Crippen LogP contribution is -2.21. The molecule has 0 amide bonds. The van der Waals surface area contributed by atoms with Crippen molar-refractivity contribution < 1.29 is 46.5 Å². The topological polar surface area (TPSA) is 430 Å². The fourth-order valence-electron chi connectivity index (χ4n) is 14.4. The van der Waals surface area contributed by atoms with E-state index in [9.17, 15) is 70.5 Å². The number of sulfonamides is 5. The van der Waals surface area contributed by atoms with Crippen LogP contribution >= 0.6 is 46.4 Å². The second kappa shape index (κ2) is 43.6. The summed E-state index contributed by atoms with van der Waals surface area (Å²) in [6.45, 7) is 12.4. The zero-order chi connectivity index (χ0) is 100. The van der Waals surface area contributed by atoms with Crippen molar-refractivity contribution in [3.8, 4) is 84.1 Å². The van der Waals surface area contributed by atoms with Crippen LogP contribution in [0.25, 0.3) is 84.1 Å². The summed E-state index contributed by atoms with van der Waals surface area (Å²) in [5.41, 5.74) is 12.3. The quantitative estimate of drug-likeness (QED) is 0.0269. The molecule has 0 unspecified atom stereocenters. The van der Waals surface area contributed by atoms with E-state index in [-0.39, 0.29) is 49.7 Å². The summed E-state index contributed by atoms with van der Waals surface area (Å²) >= 11 is 25.2. The Kier molecular flexibility index (Phi) is 32.0. The third kappa shape index (κ3) is 27.3. The SMILES string of the molecule is CC(C)Cn1cc(-n2cc(-c3ccc(NS(=O)(=O)C4CC4)cc3Cl)cn2)ccc1=O.CCCn1cc(-n2cc(-c3ccc(NS(=O)(=O)CC)c(Cl)c3)cn2)ccc1=O.CCCn1cc(-n2cc(-c3ccc(NS(C)(=O)=O)c(Cl)c3)cn2)ccc1=O.CS(=O)(=O)Nc1ccc(-c2cnn(-c3ccc(=O)n(CC4CC4)c3)c2)c(Cl)c1.Cn1cc(-n2cc(-c3ccc(NS(=O)(=O)C4CC4)cc3F)cn2)ccc1=O. The number of benzene rings is 5. The highest BCUT2D eigenvalue weighted by Gasteiger charge is 2.37. The van der Waals surface area contributed by atoms with Gasteiger partial charge in [-0.25, -0.2) is 69.9 Å². The van der Waals surface area contributed by atoms with Gasteiger partial charge in [-0.3, -0.25) is 47.6 Å². The van der Waals surface area contributed by atoms with E-state index in [1.165, 1.54) is 70.8 Å². The molecule has 3 aliphatic carbocycles. The summed E-state index contributed by atoms with van der Waals surface area (Å²) < 4.78 is 160. The highest BCUT2D eigenvalue weighted by Crippen LogP contribution is 2.39. The molecule has 3 aliphatic rings. The minimum atomic E-state index is -3.43. The molecule has 0 radical (unpaired) electrons. The summed E-state index contributed by atoms with van der Waals surface area (Å²) in [5, 5.41) is 22.5. The van der Waals surface area contributed by atoms with Gasteiger partial charge >= 0.3 is 0 Å². The molecular weight excluding hydrogens is 1980 g/mol. The number of rotatable bonds is 31. The first kappa shape index (κ1) is 103. The van der Waals surface area contributed by atoms with Gasteiger partial charge in [-0.15, -0.1) is 0 Å². The number of hydrogen-bond acceptors (Lipinski definition) is 20. The highest BCUT2D eigenvalue weighted by molar-refractivity contribution is 7.94. The maximum absolute atomic E-state index is 14.5. The van der Waals surface area contributed by atoms with Gasteiger partial charge in [0.1, 0.15) is 5.82 Å². The fourth-order valence-corrected chi connectivity index (χ4v) is 20.0. The second-order valence-electron chi connectivity index (χ2n) is 34.1. The Morgan fingerprint density at radius 3 is 1.09 bits per heavy atom. The number of anilines is 5. The molecule has 3 fully saturated rings. The monoisotopic (exact) mass is 2080 g/mol. The minimum absolute atomic E-state index is 0.0139. The van der Waals surface area contributed by atoms with Gasteiger partial charge in [-0.2, -0.15) is 25.5 Å². The molecule has 734 valence electrons. The molecule has 3 saturated carbocycles. The molecule has 0 atom stereocenters. The van der Waals surface area contributed by atoms with Gasteiger partial charge < -0.3 is 22.8 Å². The number of nitrogens with one attached hydrogen (secondary N) is 5. The van der Waals surface area contributed by atoms with Crippen LogP contribution in [-0.2, 0) is 83.3 Å². The average Bonchev–Trinajstić information content (AvgIpc) is 1.67. The second-order valence-corrected chi connectivity index (χ2v) is 45.1. The van der Waals surface area contributed by atoms with Crippen LogP contribution in [0, 0.1) is 17.7 Å². The van der Waals surface area contributed by atoms with Crippen LogP contribution in [-0.4, -0.2) is 143 Å². The van der Waals surface area contributed by atoms with E-state index in [0.29, 0.717) is 117 Å². The Labute approximate surface area is 826 Å². The van der Waals surface area contributed by atoms with Crippen molar-refractivity contribution in [3.05, 3.63) is 322 Å². The van der Waals surface area contributed by atoms with Gasteiger partial charge in [0, 0.05) is 181 Å². The van der Waals surface area contributed by atoms with Gasteiger partial charge in [-0.1, -0.05) is 98.4 Å². The number of pyridine rings is 5. The number of hydrogen-bond donors (Lipinski definition) is 5. The van der Waals surface area contributed by atoms with Crippen LogP contribution in [0.4, 0.5) is 32.8 Å². The number of aromatic nitrogens is 15. The standard InChI is InChI=1S/C21H23ClN4O3S.C19H19ClN4O3S.C19H21ClN4O3S.C18H19ClN4O3S.C18H17FN4O3S/c1-14(2)11-25-13-17(4-8-21(25)27)26-12-15(10-23-26)19-7-3-16(9-20(19)22)24-30(28,29)18-5-6-18;1-28(26,27)22-15-4-6-17(18(20)8-15)14-9-21-24(11-14)16-5-7-19(25)23(12-16)10-13-2-3-13;1-3-9-23-13-16(6-8-19(23)25)24-12-15(11-21-24)14-5-7-18(17(20)10-14)22-28(26,27)4-2;1-3-8-22-12-15(5-7-18(22)24)23-11-14(10-20-23)13-4-6-17(16(19)9-13)21-27(2,25)26;1-22-11-14(3-7-18(22)24)23-10-12(9-20-23)16-6-2-13(8-17(16)19)21-27(25,26)15-4-5-15/h3-4,7-10,12-14,18,24H,5-6,11H2,1-2H3;4-9,11-13,22H,2-3,10H2,1H3;5-8,10-13,22H,3-4,9H2,1-2H3;4-7,9-12,21H,3,8H2,1-2H3;2-3,6-11,15,21H,4-5H2,1H3. The minimum Gasteiger partial charge on any atom is -0.316 e. The van der Waals surface area contributed by atoms with Crippen LogP contribution in [0.2, 0.25) is 20.1 Å². The van der Waals surface area contributed by atoms with Crippen LogP contribution in [0.15, 0.2) is 269 Å². The Morgan fingerprint density at radius 1 is 0.364 bits per heavy atom. The summed E-state index contributed by atoms with van der Waals surface area (Å²) in [5.74, 6) is 0.365. The molecule has 0 saturated heterocycles. The first-order valence-electron chi connectivity index (χ1n) is 44.2. The lowest BCUT2D eigenvalue weighted by Gasteiger charge is -2.10. The lowest BCUT2D eigenvalue weighted by atomic mass is 10.1. The van der Waals surface area contributed by atoms with E-state index in [2.05, 4.69) is 63.0 Å². The molecule has 0 spiro atoms. The fraction of sp³-hybridized carbons (Fsp3) is 0.263. The van der Waals surface area contributed by atoms with Crippen molar-refractivity contribution in [1.29, 1.82) is 0 Å². The molecule has 0 bridgehead atoms. The predicted octanol–water partition coefficient (Wildman–Crippen LogP) is 16.0. The van der Waals surface area contributed by atoms with Gasteiger partial charge in [-0.05, 0) is 178 Å². The summed E-state index contributed by atoms with van der Waals surface area (Å²) in [4.78, 5) is 59.3. The van der Waals surface area contributed by atoms with Crippen molar-refractivity contribution >= 4 is 125 Å². The normalized spacial score (nSPS) is 13.2. The Morgan fingerprint density at radius 2 is 0.714 bits per heavy atom. The molecule has 0 aliphatic heterocycles. The first-order chi connectivity index (χ1) is 66.4. The first-order valence-corrected chi connectivity index (χ1v) is 54.2. The molecule has 15 aromatic rings. The third-order valence-corrected chi connectivity index (χ3v) is 29.4. The third-order valence-electron chi connectivity index (χ3n) is 22.0. The van der Waals surface area contributed by atoms with E-state index in [1.54, 1.807) is 216 Å².